The Hall–Kier alpha value is -1.56. The number of hydrogen-bond donors (Lipinski definition) is 2. The van der Waals surface area contributed by atoms with Gasteiger partial charge in [-0.25, -0.2) is 0 Å². The van der Waals surface area contributed by atoms with Gasteiger partial charge in [0, 0.05) is 31.4 Å². The van der Waals surface area contributed by atoms with Crippen molar-refractivity contribution in [1.82, 2.24) is 25.3 Å². The number of unbranched alkanes of at least 4 members (excludes halogenated alkanes) is 2. The molecule has 138 valence electrons. The van der Waals surface area contributed by atoms with E-state index in [1.807, 2.05) is 17.9 Å². The van der Waals surface area contributed by atoms with Crippen LogP contribution in [0.15, 0.2) is 17.4 Å². The van der Waals surface area contributed by atoms with Crippen LogP contribution in [0.5, 0.6) is 0 Å². The number of hydrogen-bond acceptors (Lipinski definition) is 3. The van der Waals surface area contributed by atoms with Crippen molar-refractivity contribution in [3.05, 3.63) is 18.0 Å². The summed E-state index contributed by atoms with van der Waals surface area (Å²) in [5.41, 5.74) is 1.19. The summed E-state index contributed by atoms with van der Waals surface area (Å²) in [6.07, 6.45) is 8.99. The van der Waals surface area contributed by atoms with Crippen LogP contribution in [0.1, 0.15) is 58.1 Å². The molecule has 0 aliphatic heterocycles. The number of nitrogens with zero attached hydrogens (tertiary/aromatic N) is 4. The van der Waals surface area contributed by atoms with E-state index in [9.17, 15) is 0 Å². The fraction of sp³-hybridized carbons (Fsp3) is 0.778. The average molecular weight is 337 g/mol. The Bertz CT molecular complexity index is 480. The van der Waals surface area contributed by atoms with Crippen LogP contribution in [0.2, 0.25) is 0 Å². The van der Waals surface area contributed by atoms with Crippen LogP contribution in [0.4, 0.5) is 0 Å². The van der Waals surface area contributed by atoms with E-state index in [4.69, 9.17) is 4.99 Å². The van der Waals surface area contributed by atoms with Crippen molar-refractivity contribution in [3.8, 4) is 0 Å². The molecular formula is C18H36N6. The molecule has 2 atom stereocenters. The topological polar surface area (TPSA) is 57.5 Å². The van der Waals surface area contributed by atoms with Gasteiger partial charge in [0.1, 0.15) is 0 Å². The molecular weight excluding hydrogens is 300 g/mol. The molecule has 0 amide bonds. The Morgan fingerprint density at radius 2 is 2.08 bits per heavy atom. The molecule has 0 aliphatic rings. The predicted octanol–water partition coefficient (Wildman–Crippen LogP) is 2.55. The molecule has 0 radical (unpaired) electrons. The summed E-state index contributed by atoms with van der Waals surface area (Å²) >= 11 is 0. The summed E-state index contributed by atoms with van der Waals surface area (Å²) in [5, 5.41) is 11.2. The van der Waals surface area contributed by atoms with E-state index in [-0.39, 0.29) is 6.04 Å². The first-order valence-electron chi connectivity index (χ1n) is 9.17. The molecule has 2 unspecified atom stereocenters. The van der Waals surface area contributed by atoms with Crippen molar-refractivity contribution in [1.29, 1.82) is 0 Å². The first-order valence-corrected chi connectivity index (χ1v) is 9.17. The van der Waals surface area contributed by atoms with Gasteiger partial charge in [0.15, 0.2) is 5.96 Å². The molecule has 1 heterocycles. The normalized spacial score (nSPS) is 14.7. The number of guanidine groups is 1. The van der Waals surface area contributed by atoms with E-state index in [2.05, 4.69) is 61.7 Å². The van der Waals surface area contributed by atoms with Crippen molar-refractivity contribution >= 4 is 5.96 Å². The van der Waals surface area contributed by atoms with E-state index in [0.717, 1.165) is 12.5 Å². The van der Waals surface area contributed by atoms with Crippen molar-refractivity contribution in [2.24, 2.45) is 12.0 Å². The molecule has 0 bridgehead atoms. The third-order valence-electron chi connectivity index (χ3n) is 4.12. The van der Waals surface area contributed by atoms with Crippen LogP contribution < -0.4 is 10.6 Å². The van der Waals surface area contributed by atoms with Gasteiger partial charge < -0.3 is 15.5 Å². The fourth-order valence-corrected chi connectivity index (χ4v) is 2.68. The number of aliphatic imine (C=N–C) groups is 1. The number of rotatable bonds is 10. The minimum absolute atomic E-state index is 0.226. The van der Waals surface area contributed by atoms with E-state index in [1.54, 1.807) is 0 Å². The second kappa shape index (κ2) is 11.1. The van der Waals surface area contributed by atoms with Gasteiger partial charge in [0.25, 0.3) is 0 Å². The average Bonchev–Trinajstić information content (AvgIpc) is 2.93. The lowest BCUT2D eigenvalue weighted by molar-refractivity contribution is 0.306. The molecule has 0 aromatic carbocycles. The van der Waals surface area contributed by atoms with Crippen molar-refractivity contribution in [2.75, 3.05) is 27.2 Å². The van der Waals surface area contributed by atoms with Gasteiger partial charge in [0.2, 0.25) is 0 Å². The quantitative estimate of drug-likeness (QED) is 0.392. The Labute approximate surface area is 147 Å². The summed E-state index contributed by atoms with van der Waals surface area (Å²) in [6, 6.07) is 0.662. The zero-order valence-electron chi connectivity index (χ0n) is 16.3. The third kappa shape index (κ3) is 7.34. The van der Waals surface area contributed by atoms with Crippen molar-refractivity contribution in [2.45, 2.75) is 58.5 Å². The highest BCUT2D eigenvalue weighted by molar-refractivity contribution is 5.80. The van der Waals surface area contributed by atoms with Crippen molar-refractivity contribution in [3.63, 3.8) is 0 Å². The Morgan fingerprint density at radius 1 is 1.33 bits per heavy atom. The maximum atomic E-state index is 4.80. The summed E-state index contributed by atoms with van der Waals surface area (Å²) in [5.74, 6) is 0.900. The molecule has 6 heteroatoms. The number of likely N-dealkylation sites (N-methyl/N-ethyl adjacent to an activating group) is 1. The van der Waals surface area contributed by atoms with Gasteiger partial charge in [-0.2, -0.15) is 5.10 Å². The molecule has 0 aliphatic carbocycles. The molecule has 24 heavy (non-hydrogen) atoms. The smallest absolute Gasteiger partial charge is 0.191 e. The Balaban J connectivity index is 2.67. The zero-order valence-corrected chi connectivity index (χ0v) is 16.3. The van der Waals surface area contributed by atoms with E-state index >= 15 is 0 Å². The van der Waals surface area contributed by atoms with Crippen LogP contribution in [-0.2, 0) is 7.05 Å². The second-order valence-electron chi connectivity index (χ2n) is 6.69. The fourth-order valence-electron chi connectivity index (χ4n) is 2.68. The van der Waals surface area contributed by atoms with Crippen LogP contribution >= 0.6 is 0 Å². The lowest BCUT2D eigenvalue weighted by Gasteiger charge is -2.23. The van der Waals surface area contributed by atoms with Crippen LogP contribution in [0.25, 0.3) is 0 Å². The minimum atomic E-state index is 0.226. The molecule has 1 aromatic heterocycles. The standard InChI is InChI=1S/C18H36N6/c1-7-9-10-11-15(3)22-18(19-8-2)20-13-17(23(4)5)16-12-21-24(6)14-16/h12,14-15,17H,7-11,13H2,1-6H3,(H2,19,20,22). The number of aromatic nitrogens is 2. The molecule has 0 saturated heterocycles. The van der Waals surface area contributed by atoms with Crippen LogP contribution in [0, 0.1) is 0 Å². The highest BCUT2D eigenvalue weighted by Crippen LogP contribution is 2.17. The van der Waals surface area contributed by atoms with E-state index in [1.165, 1.54) is 31.2 Å². The first kappa shape index (κ1) is 20.5. The molecule has 6 nitrogen and oxygen atoms in total. The van der Waals surface area contributed by atoms with Gasteiger partial charge in [-0.3, -0.25) is 9.67 Å². The summed E-state index contributed by atoms with van der Waals surface area (Å²) in [4.78, 5) is 6.99. The van der Waals surface area contributed by atoms with Gasteiger partial charge in [-0.15, -0.1) is 0 Å². The number of nitrogens with one attached hydrogen (secondary N) is 2. The van der Waals surface area contributed by atoms with E-state index in [0.29, 0.717) is 12.6 Å². The summed E-state index contributed by atoms with van der Waals surface area (Å²) in [7, 11) is 6.12. The highest BCUT2D eigenvalue weighted by Gasteiger charge is 2.16. The van der Waals surface area contributed by atoms with Crippen molar-refractivity contribution < 1.29 is 0 Å². The van der Waals surface area contributed by atoms with Crippen LogP contribution in [-0.4, -0.2) is 53.9 Å². The highest BCUT2D eigenvalue weighted by atomic mass is 15.3. The molecule has 0 saturated carbocycles. The molecule has 0 spiro atoms. The van der Waals surface area contributed by atoms with Gasteiger partial charge >= 0.3 is 0 Å². The lowest BCUT2D eigenvalue weighted by atomic mass is 10.1. The maximum absolute atomic E-state index is 4.80. The number of aryl methyl sites for hydroxylation is 1. The monoisotopic (exact) mass is 336 g/mol. The minimum Gasteiger partial charge on any atom is -0.357 e. The first-order chi connectivity index (χ1) is 11.5. The summed E-state index contributed by atoms with van der Waals surface area (Å²) in [6.45, 7) is 8.14. The largest absolute Gasteiger partial charge is 0.357 e. The Morgan fingerprint density at radius 3 is 2.62 bits per heavy atom. The van der Waals surface area contributed by atoms with E-state index < -0.39 is 0 Å². The summed E-state index contributed by atoms with van der Waals surface area (Å²) < 4.78 is 1.84. The molecule has 1 aromatic rings. The maximum Gasteiger partial charge on any atom is 0.191 e. The second-order valence-corrected chi connectivity index (χ2v) is 6.69. The van der Waals surface area contributed by atoms with Gasteiger partial charge in [-0.05, 0) is 34.4 Å². The lowest BCUT2D eigenvalue weighted by Crippen LogP contribution is -2.42. The molecule has 1 rings (SSSR count). The third-order valence-corrected chi connectivity index (χ3v) is 4.12. The zero-order chi connectivity index (χ0) is 17.9. The molecule has 0 fully saturated rings. The SMILES string of the molecule is CCCCCC(C)NC(=NCC(c1cnn(C)c1)N(C)C)NCC. The predicted molar refractivity (Wildman–Crippen MR) is 102 cm³/mol. The van der Waals surface area contributed by atoms with Gasteiger partial charge in [-0.1, -0.05) is 26.2 Å². The van der Waals surface area contributed by atoms with Gasteiger partial charge in [0.05, 0.1) is 18.8 Å². The van der Waals surface area contributed by atoms with Crippen LogP contribution in [0.3, 0.4) is 0 Å². The molecule has 2 N–H and O–H groups in total. The Kier molecular flexibility index (Phi) is 9.45.